The summed E-state index contributed by atoms with van der Waals surface area (Å²) < 4.78 is 13.4. The molecule has 0 saturated carbocycles. The number of hydrogen-bond donors (Lipinski definition) is 4. The Hall–Kier alpha value is -1.59. The predicted molar refractivity (Wildman–Crippen MR) is 120 cm³/mol. The number of rotatable bonds is 7. The monoisotopic (exact) mass is 455 g/mol. The maximum absolute atomic E-state index is 13.1. The molecule has 1 amide bonds. The molecular weight excluding hydrogens is 422 g/mol. The van der Waals surface area contributed by atoms with E-state index in [9.17, 15) is 4.79 Å². The molecule has 0 aromatic carbocycles. The number of carbonyl (C=O) groups is 1. The minimum absolute atomic E-state index is 0.0367. The van der Waals surface area contributed by atoms with E-state index in [4.69, 9.17) is 26.8 Å². The number of likely N-dealkylation sites (tertiary alicyclic amines) is 1. The lowest BCUT2D eigenvalue weighted by Gasteiger charge is -2.39. The second-order valence-corrected chi connectivity index (χ2v) is 9.19. The number of fused-ring (bicyclic) bond motifs is 1. The molecule has 0 spiro atoms. The Labute approximate surface area is 188 Å². The molecule has 3 aliphatic rings. The lowest BCUT2D eigenvalue weighted by molar-refractivity contribution is -0.0709. The maximum atomic E-state index is 13.1. The number of nitrogen functional groups attached to an aromatic ring is 1. The van der Waals surface area contributed by atoms with Crippen molar-refractivity contribution in [1.82, 2.24) is 25.3 Å². The van der Waals surface area contributed by atoms with Gasteiger partial charge in [-0.2, -0.15) is 5.10 Å². The molecule has 174 valence electrons. The number of nitrogens with zero attached hydrogens (tertiary/aromatic N) is 3. The Morgan fingerprint density at radius 3 is 3.06 bits per heavy atom. The summed E-state index contributed by atoms with van der Waals surface area (Å²) in [6, 6.07) is -0.130. The zero-order valence-electron chi connectivity index (χ0n) is 18.1. The van der Waals surface area contributed by atoms with Crippen molar-refractivity contribution < 1.29 is 14.3 Å². The molecule has 5 N–H and O–H groups in total. The van der Waals surface area contributed by atoms with Gasteiger partial charge in [-0.25, -0.2) is 4.68 Å². The Morgan fingerprint density at radius 2 is 2.23 bits per heavy atom. The first-order valence-corrected chi connectivity index (χ1v) is 11.6. The van der Waals surface area contributed by atoms with Gasteiger partial charge in [0.1, 0.15) is 11.4 Å². The zero-order valence-corrected chi connectivity index (χ0v) is 18.9. The van der Waals surface area contributed by atoms with Crippen LogP contribution in [0, 0.1) is 0 Å². The van der Waals surface area contributed by atoms with Crippen LogP contribution in [0.25, 0.3) is 0 Å². The highest BCUT2D eigenvalue weighted by Crippen LogP contribution is 2.27. The van der Waals surface area contributed by atoms with E-state index in [0.717, 1.165) is 52.0 Å². The van der Waals surface area contributed by atoms with Crippen molar-refractivity contribution in [2.45, 2.75) is 49.4 Å². The van der Waals surface area contributed by atoms with E-state index in [1.807, 2.05) is 0 Å². The van der Waals surface area contributed by atoms with Gasteiger partial charge >= 0.3 is 0 Å². The molecule has 3 aliphatic heterocycles. The maximum Gasteiger partial charge on any atom is 0.259 e. The minimum Gasteiger partial charge on any atom is -0.383 e. The number of nitrogens with two attached hydrogens (primary N) is 1. The number of piperidine rings is 2. The highest BCUT2D eigenvalue weighted by atomic mass is 35.5. The van der Waals surface area contributed by atoms with Crippen LogP contribution in [0.3, 0.4) is 0 Å². The van der Waals surface area contributed by atoms with Gasteiger partial charge in [0, 0.05) is 33.3 Å². The van der Waals surface area contributed by atoms with Crippen LogP contribution in [0.2, 0.25) is 0 Å². The van der Waals surface area contributed by atoms with E-state index >= 15 is 0 Å². The first-order chi connectivity index (χ1) is 15.0. The molecule has 0 aliphatic carbocycles. The third-order valence-electron chi connectivity index (χ3n) is 6.24. The number of nitrogens with one attached hydrogen (secondary N) is 3. The highest BCUT2D eigenvalue weighted by Gasteiger charge is 2.34. The van der Waals surface area contributed by atoms with Gasteiger partial charge in [0.15, 0.2) is 5.82 Å². The Bertz CT molecular complexity index is 761. The summed E-state index contributed by atoms with van der Waals surface area (Å²) in [4.78, 5) is 15.5. The Morgan fingerprint density at radius 1 is 1.35 bits per heavy atom. The normalized spacial score (nSPS) is 29.2. The fourth-order valence-electron chi connectivity index (χ4n) is 4.65. The van der Waals surface area contributed by atoms with Gasteiger partial charge in [0.05, 0.1) is 36.8 Å². The number of amides is 1. The molecule has 0 radical (unpaired) electrons. The van der Waals surface area contributed by atoms with Gasteiger partial charge in [0.25, 0.3) is 5.91 Å². The van der Waals surface area contributed by atoms with Crippen LogP contribution >= 0.6 is 11.6 Å². The van der Waals surface area contributed by atoms with E-state index in [2.05, 4.69) is 25.9 Å². The topological polar surface area (TPSA) is 119 Å². The Kier molecular flexibility index (Phi) is 7.55. The van der Waals surface area contributed by atoms with Gasteiger partial charge < -0.3 is 31.2 Å². The number of anilines is 2. The van der Waals surface area contributed by atoms with Crippen LogP contribution in [0.1, 0.15) is 29.6 Å². The van der Waals surface area contributed by atoms with Crippen molar-refractivity contribution in [1.29, 1.82) is 0 Å². The summed E-state index contributed by atoms with van der Waals surface area (Å²) in [7, 11) is 1.73. The zero-order chi connectivity index (χ0) is 21.8. The molecule has 31 heavy (non-hydrogen) atoms. The molecule has 2 fully saturated rings. The summed E-state index contributed by atoms with van der Waals surface area (Å²) in [5.74, 6) is 0.620. The molecule has 4 rings (SSSR count). The van der Waals surface area contributed by atoms with Crippen molar-refractivity contribution in [3.63, 3.8) is 0 Å². The minimum atomic E-state index is -0.230. The van der Waals surface area contributed by atoms with Crippen LogP contribution in [0.15, 0.2) is 0 Å². The highest BCUT2D eigenvalue weighted by molar-refractivity contribution is 6.21. The fraction of sp³-hybridized carbons (Fsp3) is 0.800. The van der Waals surface area contributed by atoms with E-state index in [1.165, 1.54) is 0 Å². The summed E-state index contributed by atoms with van der Waals surface area (Å²) in [6.45, 7) is 6.28. The molecule has 0 bridgehead atoms. The average Bonchev–Trinajstić information content (AvgIpc) is 3.08. The molecule has 4 atom stereocenters. The van der Waals surface area contributed by atoms with E-state index < -0.39 is 0 Å². The summed E-state index contributed by atoms with van der Waals surface area (Å²) in [5, 5.41) is 13.9. The van der Waals surface area contributed by atoms with Crippen LogP contribution in [-0.2, 0) is 16.0 Å². The number of ether oxygens (including phenoxy) is 2. The predicted octanol–water partition coefficient (Wildman–Crippen LogP) is 0.0859. The first kappa shape index (κ1) is 22.6. The van der Waals surface area contributed by atoms with Gasteiger partial charge in [0.2, 0.25) is 0 Å². The van der Waals surface area contributed by atoms with E-state index in [0.29, 0.717) is 31.0 Å². The van der Waals surface area contributed by atoms with Gasteiger partial charge in [-0.1, -0.05) is 0 Å². The summed E-state index contributed by atoms with van der Waals surface area (Å²) in [5.41, 5.74) is 6.46. The van der Waals surface area contributed by atoms with Crippen LogP contribution in [-0.4, -0.2) is 97.2 Å². The smallest absolute Gasteiger partial charge is 0.259 e. The lowest BCUT2D eigenvalue weighted by Crippen LogP contribution is -2.56. The summed E-state index contributed by atoms with van der Waals surface area (Å²) >= 11 is 6.19. The lowest BCUT2D eigenvalue weighted by atomic mass is 10.0. The largest absolute Gasteiger partial charge is 0.383 e. The van der Waals surface area contributed by atoms with E-state index in [1.54, 1.807) is 11.8 Å². The van der Waals surface area contributed by atoms with Crippen molar-refractivity contribution in [2.24, 2.45) is 0 Å². The van der Waals surface area contributed by atoms with Crippen LogP contribution in [0.4, 0.5) is 11.6 Å². The molecule has 11 heteroatoms. The van der Waals surface area contributed by atoms with Gasteiger partial charge in [-0.3, -0.25) is 9.69 Å². The van der Waals surface area contributed by atoms with Gasteiger partial charge in [-0.05, 0) is 32.4 Å². The van der Waals surface area contributed by atoms with Crippen molar-refractivity contribution in [3.05, 3.63) is 5.56 Å². The number of alkyl halides is 1. The van der Waals surface area contributed by atoms with Crippen LogP contribution < -0.4 is 21.7 Å². The second-order valence-electron chi connectivity index (χ2n) is 8.57. The second kappa shape index (κ2) is 10.4. The first-order valence-electron chi connectivity index (χ1n) is 11.2. The van der Waals surface area contributed by atoms with Gasteiger partial charge in [-0.15, -0.1) is 11.6 Å². The molecule has 3 unspecified atom stereocenters. The quantitative estimate of drug-likeness (QED) is 0.427. The van der Waals surface area contributed by atoms with Crippen LogP contribution in [0.5, 0.6) is 0 Å². The summed E-state index contributed by atoms with van der Waals surface area (Å²) in [6.07, 6.45) is 3.15. The van der Waals surface area contributed by atoms with Crippen molar-refractivity contribution in [3.8, 4) is 0 Å². The standard InChI is InChI=1S/C20H34ClN7O3/c1-30-8-7-27-6-2-3-14(12-27)31-16-4-5-23-10-15(16)25-20(29)17-18(22)26-28-11-13(21)9-24-19(17)28/h13-16,23-24H,2-12H2,1H3,(H2,22,26)(H,25,29)/t13?,14-,15?,16?/m0/s1. The number of hydrogen-bond acceptors (Lipinski definition) is 8. The average molecular weight is 456 g/mol. The number of methoxy groups -OCH3 is 1. The fourth-order valence-corrected chi connectivity index (χ4v) is 4.86. The molecule has 1 aromatic heterocycles. The number of halogens is 1. The third kappa shape index (κ3) is 5.43. The van der Waals surface area contributed by atoms with Crippen molar-refractivity contribution >= 4 is 29.1 Å². The third-order valence-corrected chi connectivity index (χ3v) is 6.54. The Balaban J connectivity index is 1.39. The number of carbonyl (C=O) groups excluding carboxylic acids is 1. The molecule has 4 heterocycles. The molecule has 1 aromatic rings. The molecule has 10 nitrogen and oxygen atoms in total. The van der Waals surface area contributed by atoms with E-state index in [-0.39, 0.29) is 35.4 Å². The molecular formula is C20H34ClN7O3. The molecule has 2 saturated heterocycles. The number of aromatic nitrogens is 2. The SMILES string of the molecule is COCCN1CCC[C@H](OC2CCNCC2NC(=O)c2c(N)nn3c2NCC(Cl)C3)C1. The van der Waals surface area contributed by atoms with Crippen molar-refractivity contribution in [2.75, 3.05) is 64.0 Å².